The van der Waals surface area contributed by atoms with Gasteiger partial charge in [0.25, 0.3) is 5.16 Å². The van der Waals surface area contributed by atoms with E-state index in [0.29, 0.717) is 29.2 Å². The molecule has 0 amide bonds. The minimum Gasteiger partial charge on any atom is -0.365 e. The van der Waals surface area contributed by atoms with E-state index in [2.05, 4.69) is 52.6 Å². The molecule has 3 aromatic rings. The summed E-state index contributed by atoms with van der Waals surface area (Å²) in [5, 5.41) is 3.41. The first kappa shape index (κ1) is 26.2. The van der Waals surface area contributed by atoms with Crippen LogP contribution in [0.2, 0.25) is 0 Å². The fourth-order valence-corrected chi connectivity index (χ4v) is 7.03. The molecule has 0 bridgehead atoms. The van der Waals surface area contributed by atoms with E-state index in [-0.39, 0.29) is 22.7 Å². The van der Waals surface area contributed by atoms with Crippen molar-refractivity contribution in [2.75, 3.05) is 11.6 Å². The molecule has 2 atom stereocenters. The van der Waals surface area contributed by atoms with Gasteiger partial charge in [0.2, 0.25) is 9.84 Å². The van der Waals surface area contributed by atoms with Crippen molar-refractivity contribution in [3.8, 4) is 23.9 Å². The lowest BCUT2D eigenvalue weighted by molar-refractivity contribution is 0.274. The molecule has 0 aliphatic heterocycles. The zero-order chi connectivity index (χ0) is 27.5. The second-order valence-electron chi connectivity index (χ2n) is 12.4. The van der Waals surface area contributed by atoms with Crippen LogP contribution in [0.5, 0.6) is 0 Å². The first-order valence-corrected chi connectivity index (χ1v) is 16.2. The number of aromatic nitrogens is 5. The van der Waals surface area contributed by atoms with Gasteiger partial charge in [0.05, 0.1) is 0 Å². The maximum Gasteiger partial charge on any atom is 0.250 e. The Kier molecular flexibility index (Phi) is 6.45. The predicted molar refractivity (Wildman–Crippen MR) is 153 cm³/mol. The molecule has 0 aromatic carbocycles. The molecule has 0 saturated heterocycles. The first-order chi connectivity index (χ1) is 18.6. The van der Waals surface area contributed by atoms with Crippen molar-refractivity contribution < 1.29 is 8.42 Å². The summed E-state index contributed by atoms with van der Waals surface area (Å²) < 4.78 is 27.5. The SMILES string of the molecule is C#CC1CCC2(CC1)C[C@H]2n1c(-c2cc(C(C)C)ccn2)nc2nc(S(C)(=O)=O)nc(N[C@H](C)C3CCC3)c21. The van der Waals surface area contributed by atoms with E-state index in [1.807, 2.05) is 12.3 Å². The van der Waals surface area contributed by atoms with Crippen LogP contribution in [0.3, 0.4) is 0 Å². The van der Waals surface area contributed by atoms with Gasteiger partial charge in [-0.1, -0.05) is 20.3 Å². The van der Waals surface area contributed by atoms with Crippen LogP contribution in [0.25, 0.3) is 22.7 Å². The molecular weight excluding hydrogens is 508 g/mol. The summed E-state index contributed by atoms with van der Waals surface area (Å²) in [5.74, 6) is 5.48. The van der Waals surface area contributed by atoms with Crippen molar-refractivity contribution in [1.29, 1.82) is 0 Å². The summed E-state index contributed by atoms with van der Waals surface area (Å²) in [4.78, 5) is 18.8. The highest BCUT2D eigenvalue weighted by molar-refractivity contribution is 7.90. The van der Waals surface area contributed by atoms with Gasteiger partial charge < -0.3 is 9.88 Å². The van der Waals surface area contributed by atoms with Crippen molar-refractivity contribution in [3.63, 3.8) is 0 Å². The summed E-state index contributed by atoms with van der Waals surface area (Å²) in [6, 6.07) is 4.52. The van der Waals surface area contributed by atoms with Gasteiger partial charge in [0.1, 0.15) is 11.2 Å². The van der Waals surface area contributed by atoms with Gasteiger partial charge in [-0.3, -0.25) is 4.98 Å². The van der Waals surface area contributed by atoms with Crippen molar-refractivity contribution in [3.05, 3.63) is 23.9 Å². The Morgan fingerprint density at radius 2 is 1.87 bits per heavy atom. The number of nitrogens with zero attached hydrogens (tertiary/aromatic N) is 5. The van der Waals surface area contributed by atoms with Crippen molar-refractivity contribution in [2.45, 2.75) is 95.3 Å². The maximum atomic E-state index is 12.6. The Labute approximate surface area is 231 Å². The molecule has 0 radical (unpaired) electrons. The van der Waals surface area contributed by atoms with E-state index in [4.69, 9.17) is 16.4 Å². The van der Waals surface area contributed by atoms with Crippen LogP contribution in [0.4, 0.5) is 5.82 Å². The van der Waals surface area contributed by atoms with Gasteiger partial charge in [-0.05, 0) is 86.8 Å². The average molecular weight is 547 g/mol. The number of imidazole rings is 1. The molecule has 3 fully saturated rings. The number of hydrogen-bond donors (Lipinski definition) is 1. The zero-order valence-electron chi connectivity index (χ0n) is 23.3. The van der Waals surface area contributed by atoms with Gasteiger partial charge in [0, 0.05) is 30.5 Å². The topological polar surface area (TPSA) is 103 Å². The van der Waals surface area contributed by atoms with Crippen LogP contribution in [-0.4, -0.2) is 45.2 Å². The van der Waals surface area contributed by atoms with Gasteiger partial charge >= 0.3 is 0 Å². The molecule has 9 heteroatoms. The van der Waals surface area contributed by atoms with Gasteiger partial charge in [0.15, 0.2) is 17.3 Å². The highest BCUT2D eigenvalue weighted by atomic mass is 32.2. The molecule has 3 saturated carbocycles. The lowest BCUT2D eigenvalue weighted by Gasteiger charge is -2.32. The van der Waals surface area contributed by atoms with E-state index in [1.165, 1.54) is 24.8 Å². The standard InChI is InChI=1S/C30H38N6O2S/c1-6-20-10-13-30(14-11-20)17-24(30)36-25-26(32-19(4)21-8-7-9-21)34-29(39(5,37)38)35-27(25)33-28(36)23-16-22(18(2)3)12-15-31-23/h1,12,15-16,18-21,24H,7-11,13-14,17H2,2-5H3,(H,32,34,35)/t19-,20?,24-,30?/m1/s1. The third-order valence-corrected chi connectivity index (χ3v) is 10.3. The molecule has 1 N–H and O–H groups in total. The fourth-order valence-electron chi connectivity index (χ4n) is 6.52. The van der Waals surface area contributed by atoms with Gasteiger partial charge in [-0.15, -0.1) is 12.3 Å². The van der Waals surface area contributed by atoms with Gasteiger partial charge in [-0.2, -0.15) is 9.97 Å². The van der Waals surface area contributed by atoms with Crippen LogP contribution < -0.4 is 5.32 Å². The van der Waals surface area contributed by atoms with E-state index in [1.54, 1.807) is 0 Å². The number of hydrogen-bond acceptors (Lipinski definition) is 7. The summed E-state index contributed by atoms with van der Waals surface area (Å²) in [5.41, 5.74) is 3.30. The smallest absolute Gasteiger partial charge is 0.250 e. The lowest BCUT2D eigenvalue weighted by atomic mass is 9.79. The minimum absolute atomic E-state index is 0.164. The van der Waals surface area contributed by atoms with Crippen molar-refractivity contribution in [1.82, 2.24) is 24.5 Å². The average Bonchev–Trinajstić information content (AvgIpc) is 3.40. The molecule has 3 aliphatic carbocycles. The number of anilines is 1. The number of sulfone groups is 1. The molecule has 3 heterocycles. The Morgan fingerprint density at radius 1 is 1.13 bits per heavy atom. The van der Waals surface area contributed by atoms with Crippen LogP contribution >= 0.6 is 0 Å². The third kappa shape index (κ3) is 4.71. The number of pyridine rings is 1. The monoisotopic (exact) mass is 546 g/mol. The summed E-state index contributed by atoms with van der Waals surface area (Å²) in [7, 11) is -3.64. The van der Waals surface area contributed by atoms with Crippen LogP contribution in [0.1, 0.15) is 89.7 Å². The van der Waals surface area contributed by atoms with Crippen LogP contribution in [0.15, 0.2) is 23.5 Å². The maximum absolute atomic E-state index is 12.6. The molecule has 6 rings (SSSR count). The Balaban J connectivity index is 1.54. The molecular formula is C30H38N6O2S. The normalized spacial score (nSPS) is 25.9. The molecule has 206 valence electrons. The number of rotatable bonds is 7. The Morgan fingerprint density at radius 3 is 2.49 bits per heavy atom. The quantitative estimate of drug-likeness (QED) is 0.296. The van der Waals surface area contributed by atoms with Crippen LogP contribution in [0, 0.1) is 29.6 Å². The first-order valence-electron chi connectivity index (χ1n) is 14.3. The van der Waals surface area contributed by atoms with E-state index < -0.39 is 9.84 Å². The predicted octanol–water partition coefficient (Wildman–Crippen LogP) is 5.77. The third-order valence-electron chi connectivity index (χ3n) is 9.43. The molecule has 3 aromatic heterocycles. The molecule has 8 nitrogen and oxygen atoms in total. The van der Waals surface area contributed by atoms with Crippen molar-refractivity contribution in [2.24, 2.45) is 17.3 Å². The lowest BCUT2D eigenvalue weighted by Crippen LogP contribution is -2.31. The Hall–Kier alpha value is -2.99. The molecule has 1 spiro atoms. The fraction of sp³-hybridized carbons (Fsp3) is 0.600. The number of fused-ring (bicyclic) bond motifs is 1. The largest absolute Gasteiger partial charge is 0.365 e. The molecule has 3 aliphatic rings. The highest BCUT2D eigenvalue weighted by Gasteiger charge is 2.57. The molecule has 39 heavy (non-hydrogen) atoms. The molecule has 0 unspecified atom stereocenters. The van der Waals surface area contributed by atoms with Crippen molar-refractivity contribution >= 4 is 26.8 Å². The Bertz CT molecular complexity index is 1560. The number of nitrogens with one attached hydrogen (secondary N) is 1. The van der Waals surface area contributed by atoms with E-state index in [0.717, 1.165) is 55.4 Å². The number of terminal acetylenes is 1. The minimum atomic E-state index is -3.64. The zero-order valence-corrected chi connectivity index (χ0v) is 24.1. The van der Waals surface area contributed by atoms with E-state index in [9.17, 15) is 8.42 Å². The highest BCUT2D eigenvalue weighted by Crippen LogP contribution is 2.66. The summed E-state index contributed by atoms with van der Waals surface area (Å²) in [6.07, 6.45) is 17.6. The second kappa shape index (κ2) is 9.58. The van der Waals surface area contributed by atoms with Gasteiger partial charge in [-0.25, -0.2) is 13.4 Å². The van der Waals surface area contributed by atoms with Crippen LogP contribution in [-0.2, 0) is 9.84 Å². The summed E-state index contributed by atoms with van der Waals surface area (Å²) in [6.45, 7) is 6.48. The van der Waals surface area contributed by atoms with E-state index >= 15 is 0 Å². The second-order valence-corrected chi connectivity index (χ2v) is 14.3. The summed E-state index contributed by atoms with van der Waals surface area (Å²) >= 11 is 0.